The van der Waals surface area contributed by atoms with Gasteiger partial charge in [0.15, 0.2) is 0 Å². The lowest BCUT2D eigenvalue weighted by Gasteiger charge is -2.11. The van der Waals surface area contributed by atoms with Gasteiger partial charge in [0, 0.05) is 20.2 Å². The molecule has 114 valence electrons. The third-order valence-corrected chi connectivity index (χ3v) is 4.50. The molecule has 0 fully saturated rings. The zero-order valence-electron chi connectivity index (χ0n) is 12.4. The fraction of sp³-hybridized carbons (Fsp3) is 0.571. The maximum atomic E-state index is 12.2. The number of hydrogen-bond acceptors (Lipinski definition) is 4. The summed E-state index contributed by atoms with van der Waals surface area (Å²) in [5.74, 6) is 0. The summed E-state index contributed by atoms with van der Waals surface area (Å²) >= 11 is 0. The number of aryl methyl sites for hydroxylation is 1. The van der Waals surface area contributed by atoms with Crippen molar-refractivity contribution in [1.82, 2.24) is 10.0 Å². The first kappa shape index (κ1) is 17.1. The van der Waals surface area contributed by atoms with Crippen LogP contribution in [0.4, 0.5) is 0 Å². The van der Waals surface area contributed by atoms with Crippen molar-refractivity contribution in [3.05, 3.63) is 29.3 Å². The summed E-state index contributed by atoms with van der Waals surface area (Å²) in [7, 11) is -1.93. The molecule has 0 unspecified atom stereocenters. The molecule has 0 aliphatic rings. The Kier molecular flexibility index (Phi) is 7.15. The molecule has 0 saturated carbocycles. The van der Waals surface area contributed by atoms with E-state index in [4.69, 9.17) is 4.74 Å². The predicted molar refractivity (Wildman–Crippen MR) is 80.2 cm³/mol. The van der Waals surface area contributed by atoms with Gasteiger partial charge in [0.25, 0.3) is 0 Å². The van der Waals surface area contributed by atoms with Gasteiger partial charge in [0.05, 0.1) is 11.5 Å². The van der Waals surface area contributed by atoms with Gasteiger partial charge in [-0.1, -0.05) is 19.1 Å². The van der Waals surface area contributed by atoms with E-state index < -0.39 is 10.0 Å². The molecule has 2 N–H and O–H groups in total. The highest BCUT2D eigenvalue weighted by Gasteiger charge is 2.16. The summed E-state index contributed by atoms with van der Waals surface area (Å²) in [5, 5.41) is 3.27. The monoisotopic (exact) mass is 300 g/mol. The standard InChI is InChI=1S/C14H24N2O3S/c1-4-7-15-11-13-6-5-12(2)14(10-13)20(17,18)16-8-9-19-3/h5-6,10,15-16H,4,7-9,11H2,1-3H3. The normalized spacial score (nSPS) is 11.8. The first-order valence-electron chi connectivity index (χ1n) is 6.80. The maximum Gasteiger partial charge on any atom is 0.240 e. The van der Waals surface area contributed by atoms with Crippen LogP contribution in [0.25, 0.3) is 0 Å². The second-order valence-electron chi connectivity index (χ2n) is 4.67. The Morgan fingerprint density at radius 2 is 2.00 bits per heavy atom. The zero-order valence-corrected chi connectivity index (χ0v) is 13.2. The Balaban J connectivity index is 2.84. The molecule has 1 aromatic carbocycles. The van der Waals surface area contributed by atoms with Gasteiger partial charge in [0.2, 0.25) is 10.0 Å². The molecule has 0 amide bonds. The number of ether oxygens (including phenoxy) is 1. The topological polar surface area (TPSA) is 67.4 Å². The molecule has 6 heteroatoms. The molecule has 0 aromatic heterocycles. The van der Waals surface area contributed by atoms with E-state index in [1.165, 1.54) is 0 Å². The van der Waals surface area contributed by atoms with E-state index in [-0.39, 0.29) is 6.54 Å². The second-order valence-corrected chi connectivity index (χ2v) is 6.40. The highest BCUT2D eigenvalue weighted by molar-refractivity contribution is 7.89. The molecule has 0 aliphatic carbocycles. The van der Waals surface area contributed by atoms with Crippen LogP contribution >= 0.6 is 0 Å². The Labute approximate surface area is 121 Å². The van der Waals surface area contributed by atoms with Gasteiger partial charge in [-0.05, 0) is 37.1 Å². The molecule has 1 aromatic rings. The lowest BCUT2D eigenvalue weighted by molar-refractivity contribution is 0.204. The van der Waals surface area contributed by atoms with Gasteiger partial charge in [-0.2, -0.15) is 0 Å². The van der Waals surface area contributed by atoms with Crippen LogP contribution in [0.5, 0.6) is 0 Å². The predicted octanol–water partition coefficient (Wildman–Crippen LogP) is 1.42. The minimum atomic E-state index is -3.47. The van der Waals surface area contributed by atoms with Crippen molar-refractivity contribution in [2.24, 2.45) is 0 Å². The molecular weight excluding hydrogens is 276 g/mol. The maximum absolute atomic E-state index is 12.2. The van der Waals surface area contributed by atoms with Crippen LogP contribution < -0.4 is 10.0 Å². The SMILES string of the molecule is CCCNCc1ccc(C)c(S(=O)(=O)NCCOC)c1. The number of hydrogen-bond donors (Lipinski definition) is 2. The van der Waals surface area contributed by atoms with Gasteiger partial charge >= 0.3 is 0 Å². The van der Waals surface area contributed by atoms with E-state index >= 15 is 0 Å². The van der Waals surface area contributed by atoms with Crippen LogP contribution in [0.2, 0.25) is 0 Å². The van der Waals surface area contributed by atoms with Gasteiger partial charge in [-0.25, -0.2) is 13.1 Å². The summed E-state index contributed by atoms with van der Waals surface area (Å²) in [4.78, 5) is 0.337. The van der Waals surface area contributed by atoms with Gasteiger partial charge < -0.3 is 10.1 Å². The van der Waals surface area contributed by atoms with Crippen LogP contribution in [0, 0.1) is 6.92 Å². The summed E-state index contributed by atoms with van der Waals surface area (Å²) in [6.07, 6.45) is 1.05. The Hall–Kier alpha value is -0.950. The largest absolute Gasteiger partial charge is 0.383 e. The van der Waals surface area contributed by atoms with Crippen LogP contribution in [0.15, 0.2) is 23.1 Å². The van der Waals surface area contributed by atoms with Gasteiger partial charge in [0.1, 0.15) is 0 Å². The number of sulfonamides is 1. The van der Waals surface area contributed by atoms with E-state index in [1.54, 1.807) is 20.1 Å². The number of rotatable bonds is 9. The molecule has 20 heavy (non-hydrogen) atoms. The number of nitrogens with one attached hydrogen (secondary N) is 2. The average Bonchev–Trinajstić information content (AvgIpc) is 2.41. The van der Waals surface area contributed by atoms with Crippen LogP contribution in [0.3, 0.4) is 0 Å². The van der Waals surface area contributed by atoms with Crippen molar-refractivity contribution in [2.45, 2.75) is 31.7 Å². The van der Waals surface area contributed by atoms with Crippen molar-refractivity contribution in [1.29, 1.82) is 0 Å². The van der Waals surface area contributed by atoms with E-state index in [0.717, 1.165) is 24.1 Å². The molecule has 0 aliphatic heterocycles. The van der Waals surface area contributed by atoms with Crippen molar-refractivity contribution in [3.63, 3.8) is 0 Å². The molecule has 0 saturated heterocycles. The van der Waals surface area contributed by atoms with E-state index in [0.29, 0.717) is 18.0 Å². The highest BCUT2D eigenvalue weighted by atomic mass is 32.2. The van der Waals surface area contributed by atoms with E-state index in [9.17, 15) is 8.42 Å². The zero-order chi connectivity index (χ0) is 15.0. The molecule has 0 atom stereocenters. The minimum Gasteiger partial charge on any atom is -0.383 e. The van der Waals surface area contributed by atoms with Gasteiger partial charge in [-0.3, -0.25) is 0 Å². The lowest BCUT2D eigenvalue weighted by Crippen LogP contribution is -2.28. The molecule has 0 bridgehead atoms. The summed E-state index contributed by atoms with van der Waals surface area (Å²) in [6, 6.07) is 5.52. The van der Waals surface area contributed by atoms with Crippen molar-refractivity contribution in [2.75, 3.05) is 26.8 Å². The number of methoxy groups -OCH3 is 1. The molecule has 0 radical (unpaired) electrons. The van der Waals surface area contributed by atoms with Crippen LogP contribution in [-0.2, 0) is 21.3 Å². The summed E-state index contributed by atoms with van der Waals surface area (Å²) < 4.78 is 31.8. The summed E-state index contributed by atoms with van der Waals surface area (Å²) in [5.41, 5.74) is 1.71. The molecular formula is C14H24N2O3S. The second kappa shape index (κ2) is 8.36. The average molecular weight is 300 g/mol. The Morgan fingerprint density at radius 1 is 1.25 bits per heavy atom. The summed E-state index contributed by atoms with van der Waals surface area (Å²) in [6.45, 7) is 6.12. The highest BCUT2D eigenvalue weighted by Crippen LogP contribution is 2.17. The first-order chi connectivity index (χ1) is 9.51. The van der Waals surface area contributed by atoms with Crippen molar-refractivity contribution >= 4 is 10.0 Å². The first-order valence-corrected chi connectivity index (χ1v) is 8.28. The third kappa shape index (κ3) is 5.20. The van der Waals surface area contributed by atoms with Crippen molar-refractivity contribution < 1.29 is 13.2 Å². The fourth-order valence-electron chi connectivity index (χ4n) is 1.81. The minimum absolute atomic E-state index is 0.274. The van der Waals surface area contributed by atoms with Crippen molar-refractivity contribution in [3.8, 4) is 0 Å². The van der Waals surface area contributed by atoms with Gasteiger partial charge in [-0.15, -0.1) is 0 Å². The Morgan fingerprint density at radius 3 is 2.65 bits per heavy atom. The fourth-order valence-corrected chi connectivity index (χ4v) is 3.12. The molecule has 0 spiro atoms. The smallest absolute Gasteiger partial charge is 0.240 e. The molecule has 5 nitrogen and oxygen atoms in total. The van der Waals surface area contributed by atoms with E-state index in [1.807, 2.05) is 12.1 Å². The third-order valence-electron chi connectivity index (χ3n) is 2.90. The molecule has 0 heterocycles. The van der Waals surface area contributed by atoms with Crippen LogP contribution in [0.1, 0.15) is 24.5 Å². The number of benzene rings is 1. The van der Waals surface area contributed by atoms with E-state index in [2.05, 4.69) is 17.0 Å². The quantitative estimate of drug-likeness (QED) is 0.677. The Bertz CT molecular complexity index is 515. The van der Waals surface area contributed by atoms with Crippen LogP contribution in [-0.4, -0.2) is 35.2 Å². The lowest BCUT2D eigenvalue weighted by atomic mass is 10.1. The molecule has 1 rings (SSSR count).